The molecule has 118 valence electrons. The van der Waals surface area contributed by atoms with Gasteiger partial charge in [-0.15, -0.1) is 0 Å². The van der Waals surface area contributed by atoms with Crippen LogP contribution in [0.25, 0.3) is 0 Å². The zero-order valence-electron chi connectivity index (χ0n) is 13.4. The van der Waals surface area contributed by atoms with Gasteiger partial charge in [0, 0.05) is 6.54 Å². The molecule has 1 fully saturated rings. The number of Topliss-reactive ketones (excluding diaryl/α,β-unsaturated/α-hetero) is 1. The predicted octanol–water partition coefficient (Wildman–Crippen LogP) is 3.89. The molecule has 1 aliphatic heterocycles. The Kier molecular flexibility index (Phi) is 5.60. The molecule has 1 aliphatic rings. The first kappa shape index (κ1) is 16.7. The molecule has 0 bridgehead atoms. The van der Waals surface area contributed by atoms with Crippen molar-refractivity contribution in [1.82, 2.24) is 14.7 Å². The summed E-state index contributed by atoms with van der Waals surface area (Å²) in [5.74, 6) is 0.169. The van der Waals surface area contributed by atoms with Gasteiger partial charge in [0.1, 0.15) is 5.69 Å². The summed E-state index contributed by atoms with van der Waals surface area (Å²) in [6.07, 6.45) is 7.63. The predicted molar refractivity (Wildman–Crippen MR) is 88.7 cm³/mol. The third-order valence-corrected chi connectivity index (χ3v) is 4.98. The van der Waals surface area contributed by atoms with Gasteiger partial charge in [0.25, 0.3) is 0 Å². The first-order valence-corrected chi connectivity index (χ1v) is 8.79. The van der Waals surface area contributed by atoms with Crippen LogP contribution in [0.2, 0.25) is 0 Å². The van der Waals surface area contributed by atoms with Gasteiger partial charge in [0.05, 0.1) is 16.2 Å². The van der Waals surface area contributed by atoms with Gasteiger partial charge in [0.15, 0.2) is 0 Å². The van der Waals surface area contributed by atoms with Crippen molar-refractivity contribution >= 4 is 21.7 Å². The van der Waals surface area contributed by atoms with Crippen LogP contribution < -0.4 is 0 Å². The molecular formula is C16H26BrN3O. The Morgan fingerprint density at radius 2 is 1.90 bits per heavy atom. The van der Waals surface area contributed by atoms with Crippen LogP contribution in [0, 0.1) is 0 Å². The van der Waals surface area contributed by atoms with E-state index in [2.05, 4.69) is 46.7 Å². The molecule has 0 aliphatic carbocycles. The second-order valence-electron chi connectivity index (χ2n) is 6.35. The van der Waals surface area contributed by atoms with Gasteiger partial charge in [-0.05, 0) is 62.1 Å². The Labute approximate surface area is 136 Å². The van der Waals surface area contributed by atoms with Crippen LogP contribution in [0.4, 0.5) is 0 Å². The number of likely N-dealkylation sites (tertiary alicyclic amines) is 1. The summed E-state index contributed by atoms with van der Waals surface area (Å²) in [6.45, 7) is 9.01. The van der Waals surface area contributed by atoms with Crippen molar-refractivity contribution in [2.24, 2.45) is 0 Å². The van der Waals surface area contributed by atoms with E-state index in [1.165, 1.54) is 25.7 Å². The highest BCUT2D eigenvalue weighted by Crippen LogP contribution is 2.27. The van der Waals surface area contributed by atoms with E-state index in [9.17, 15) is 4.79 Å². The van der Waals surface area contributed by atoms with Crippen LogP contribution in [0.15, 0.2) is 10.7 Å². The number of aromatic nitrogens is 2. The van der Waals surface area contributed by atoms with E-state index in [0.29, 0.717) is 5.69 Å². The normalized spacial score (nSPS) is 17.7. The lowest BCUT2D eigenvalue weighted by molar-refractivity contribution is 0.0637. The van der Waals surface area contributed by atoms with Gasteiger partial charge in [-0.1, -0.05) is 19.8 Å². The van der Waals surface area contributed by atoms with Gasteiger partial charge < -0.3 is 0 Å². The number of aryl methyl sites for hydroxylation is 1. The Morgan fingerprint density at radius 3 is 2.48 bits per heavy atom. The SMILES string of the molecule is CCCn1ncc(Br)c1C(=O)C(C)(C)N1CCCCCC1. The van der Waals surface area contributed by atoms with Gasteiger partial charge in [0.2, 0.25) is 5.78 Å². The number of ketones is 1. The molecule has 2 rings (SSSR count). The maximum atomic E-state index is 13.1. The van der Waals surface area contributed by atoms with Crippen LogP contribution in [0.5, 0.6) is 0 Å². The highest BCUT2D eigenvalue weighted by molar-refractivity contribution is 9.10. The van der Waals surface area contributed by atoms with Crippen molar-refractivity contribution in [3.63, 3.8) is 0 Å². The molecule has 1 aromatic rings. The Hall–Kier alpha value is -0.680. The third kappa shape index (κ3) is 3.57. The van der Waals surface area contributed by atoms with E-state index < -0.39 is 5.54 Å². The van der Waals surface area contributed by atoms with Crippen molar-refractivity contribution in [2.75, 3.05) is 13.1 Å². The molecule has 0 unspecified atom stereocenters. The Balaban J connectivity index is 2.26. The number of hydrogen-bond donors (Lipinski definition) is 0. The molecular weight excluding hydrogens is 330 g/mol. The molecule has 0 radical (unpaired) electrons. The summed E-state index contributed by atoms with van der Waals surface area (Å²) in [5, 5.41) is 4.33. The Morgan fingerprint density at radius 1 is 1.29 bits per heavy atom. The summed E-state index contributed by atoms with van der Waals surface area (Å²) in [4.78, 5) is 15.5. The lowest BCUT2D eigenvalue weighted by Gasteiger charge is -2.36. The molecule has 0 aromatic carbocycles. The van der Waals surface area contributed by atoms with E-state index >= 15 is 0 Å². The first-order chi connectivity index (χ1) is 9.98. The van der Waals surface area contributed by atoms with Crippen molar-refractivity contribution in [3.8, 4) is 0 Å². The topological polar surface area (TPSA) is 38.1 Å². The molecule has 0 saturated carbocycles. The number of carbonyl (C=O) groups excluding carboxylic acids is 1. The minimum absolute atomic E-state index is 0.169. The lowest BCUT2D eigenvalue weighted by Crippen LogP contribution is -2.51. The van der Waals surface area contributed by atoms with Crippen molar-refractivity contribution < 1.29 is 4.79 Å². The van der Waals surface area contributed by atoms with Gasteiger partial charge in [-0.25, -0.2) is 0 Å². The average Bonchev–Trinajstić information content (AvgIpc) is 2.68. The summed E-state index contributed by atoms with van der Waals surface area (Å²) in [5.41, 5.74) is 0.240. The maximum Gasteiger partial charge on any atom is 0.201 e. The number of carbonyl (C=O) groups is 1. The van der Waals surface area contributed by atoms with Gasteiger partial charge in [-0.3, -0.25) is 14.4 Å². The number of nitrogens with zero attached hydrogens (tertiary/aromatic N) is 3. The molecule has 21 heavy (non-hydrogen) atoms. The maximum absolute atomic E-state index is 13.1. The van der Waals surface area contributed by atoms with Crippen molar-refractivity contribution in [3.05, 3.63) is 16.4 Å². The molecule has 0 N–H and O–H groups in total. The van der Waals surface area contributed by atoms with E-state index in [0.717, 1.165) is 30.5 Å². The highest BCUT2D eigenvalue weighted by Gasteiger charge is 2.37. The number of hydrogen-bond acceptors (Lipinski definition) is 3. The van der Waals surface area contributed by atoms with Gasteiger partial charge >= 0.3 is 0 Å². The van der Waals surface area contributed by atoms with Crippen LogP contribution in [0.3, 0.4) is 0 Å². The number of halogens is 1. The molecule has 0 amide bonds. The molecule has 5 heteroatoms. The zero-order chi connectivity index (χ0) is 15.5. The average molecular weight is 356 g/mol. The first-order valence-electron chi connectivity index (χ1n) is 7.99. The minimum Gasteiger partial charge on any atom is -0.291 e. The minimum atomic E-state index is -0.474. The molecule has 0 spiro atoms. The Bertz CT molecular complexity index is 488. The largest absolute Gasteiger partial charge is 0.291 e. The standard InChI is InChI=1S/C16H26BrN3O/c1-4-9-20-14(13(17)12-18-20)15(21)16(2,3)19-10-7-5-6-8-11-19/h12H,4-11H2,1-3H3. The van der Waals surface area contributed by atoms with Crippen LogP contribution in [0.1, 0.15) is 63.4 Å². The zero-order valence-corrected chi connectivity index (χ0v) is 14.9. The van der Waals surface area contributed by atoms with Crippen LogP contribution >= 0.6 is 15.9 Å². The lowest BCUT2D eigenvalue weighted by atomic mass is 9.93. The number of rotatable bonds is 5. The summed E-state index contributed by atoms with van der Waals surface area (Å²) in [7, 11) is 0. The molecule has 4 nitrogen and oxygen atoms in total. The van der Waals surface area contributed by atoms with E-state index in [-0.39, 0.29) is 5.78 Å². The van der Waals surface area contributed by atoms with Crippen molar-refractivity contribution in [1.29, 1.82) is 0 Å². The monoisotopic (exact) mass is 355 g/mol. The molecule has 2 heterocycles. The quantitative estimate of drug-likeness (QED) is 0.751. The second kappa shape index (κ2) is 7.05. The smallest absolute Gasteiger partial charge is 0.201 e. The van der Waals surface area contributed by atoms with Gasteiger partial charge in [-0.2, -0.15) is 5.10 Å². The summed E-state index contributed by atoms with van der Waals surface area (Å²) < 4.78 is 2.65. The highest BCUT2D eigenvalue weighted by atomic mass is 79.9. The molecule has 1 saturated heterocycles. The fourth-order valence-corrected chi connectivity index (χ4v) is 3.51. The summed E-state index contributed by atoms with van der Waals surface area (Å²) >= 11 is 3.50. The van der Waals surface area contributed by atoms with Crippen LogP contribution in [-0.4, -0.2) is 39.1 Å². The fraction of sp³-hybridized carbons (Fsp3) is 0.750. The van der Waals surface area contributed by atoms with Crippen molar-refractivity contribution in [2.45, 2.75) is 65.0 Å². The van der Waals surface area contributed by atoms with E-state index in [1.54, 1.807) is 6.20 Å². The van der Waals surface area contributed by atoms with Crippen LogP contribution in [-0.2, 0) is 6.54 Å². The fourth-order valence-electron chi connectivity index (χ4n) is 3.03. The third-order valence-electron chi connectivity index (χ3n) is 4.40. The second-order valence-corrected chi connectivity index (χ2v) is 7.21. The molecule has 0 atom stereocenters. The summed E-state index contributed by atoms with van der Waals surface area (Å²) in [6, 6.07) is 0. The molecule has 1 aromatic heterocycles. The van der Waals surface area contributed by atoms with E-state index in [1.807, 2.05) is 4.68 Å². The van der Waals surface area contributed by atoms with E-state index in [4.69, 9.17) is 0 Å².